The number of carbonyl (C=O) groups excluding carboxylic acids is 2. The largest absolute Gasteiger partial charge is 0.493 e. The van der Waals surface area contributed by atoms with Crippen LogP contribution in [0.2, 0.25) is 0 Å². The molecular formula is C24H30N2O4. The van der Waals surface area contributed by atoms with Crippen LogP contribution in [-0.2, 0) is 16.1 Å². The van der Waals surface area contributed by atoms with Crippen molar-refractivity contribution < 1.29 is 19.1 Å². The van der Waals surface area contributed by atoms with Crippen molar-refractivity contribution in [1.82, 2.24) is 5.32 Å². The predicted molar refractivity (Wildman–Crippen MR) is 117 cm³/mol. The summed E-state index contributed by atoms with van der Waals surface area (Å²) < 4.78 is 11.4. The van der Waals surface area contributed by atoms with E-state index in [0.717, 1.165) is 41.6 Å². The lowest BCUT2D eigenvalue weighted by atomic mass is 10.1. The summed E-state index contributed by atoms with van der Waals surface area (Å²) in [6.07, 6.45) is 3.28. The molecule has 2 aromatic carbocycles. The van der Waals surface area contributed by atoms with Crippen molar-refractivity contribution in [2.45, 2.75) is 52.6 Å². The molecule has 1 atom stereocenters. The Morgan fingerprint density at radius 2 is 1.93 bits per heavy atom. The van der Waals surface area contributed by atoms with Gasteiger partial charge in [-0.15, -0.1) is 0 Å². The van der Waals surface area contributed by atoms with Crippen LogP contribution in [0, 0.1) is 6.92 Å². The Hall–Kier alpha value is -3.02. The van der Waals surface area contributed by atoms with Gasteiger partial charge in [0.05, 0.1) is 20.3 Å². The Bertz CT molecular complexity index is 925. The summed E-state index contributed by atoms with van der Waals surface area (Å²) in [6, 6.07) is 11.0. The summed E-state index contributed by atoms with van der Waals surface area (Å²) in [5.41, 5.74) is 3.63. The molecule has 1 aliphatic rings. The Kier molecular flexibility index (Phi) is 6.98. The lowest BCUT2D eigenvalue weighted by Crippen LogP contribution is -2.36. The van der Waals surface area contributed by atoms with Crippen LogP contribution in [0.1, 0.15) is 55.8 Å². The molecular weight excluding hydrogens is 380 g/mol. The average Bonchev–Trinajstić information content (AvgIpc) is 2.96. The molecule has 0 aromatic heterocycles. The van der Waals surface area contributed by atoms with Crippen LogP contribution in [0.3, 0.4) is 0 Å². The van der Waals surface area contributed by atoms with E-state index in [1.54, 1.807) is 12.0 Å². The summed E-state index contributed by atoms with van der Waals surface area (Å²) in [5.74, 6) is 0.994. The molecule has 2 amide bonds. The van der Waals surface area contributed by atoms with Crippen LogP contribution >= 0.6 is 0 Å². The number of ether oxygens (including phenoxy) is 2. The molecule has 0 saturated carbocycles. The van der Waals surface area contributed by atoms with E-state index in [-0.39, 0.29) is 11.8 Å². The standard InChI is InChI=1S/C24H30N2O4/c1-5-6-7-12-30-21-11-9-18(14-22(21)29-4)15-26-20-10-8-16(2)13-19(20)23(24(26)28)25-17(3)27/h8-11,13-14,23H,5-7,12,15H2,1-4H3,(H,25,27)/t23-/m0/s1. The Morgan fingerprint density at radius 1 is 1.13 bits per heavy atom. The third-order valence-electron chi connectivity index (χ3n) is 5.22. The maximum absolute atomic E-state index is 13.1. The third-order valence-corrected chi connectivity index (χ3v) is 5.22. The smallest absolute Gasteiger partial charge is 0.254 e. The minimum Gasteiger partial charge on any atom is -0.493 e. The van der Waals surface area contributed by atoms with Crippen molar-refractivity contribution in [2.24, 2.45) is 0 Å². The van der Waals surface area contributed by atoms with Gasteiger partial charge in [-0.25, -0.2) is 0 Å². The summed E-state index contributed by atoms with van der Waals surface area (Å²) in [5, 5.41) is 2.78. The monoisotopic (exact) mass is 410 g/mol. The number of benzene rings is 2. The minimum atomic E-state index is -0.652. The number of hydrogen-bond acceptors (Lipinski definition) is 4. The first kappa shape index (κ1) is 21.7. The molecule has 6 nitrogen and oxygen atoms in total. The molecule has 2 aromatic rings. The Morgan fingerprint density at radius 3 is 2.63 bits per heavy atom. The highest BCUT2D eigenvalue weighted by molar-refractivity contribution is 6.06. The normalized spacial score (nSPS) is 15.1. The van der Waals surface area contributed by atoms with Gasteiger partial charge >= 0.3 is 0 Å². The van der Waals surface area contributed by atoms with Gasteiger partial charge in [-0.3, -0.25) is 9.59 Å². The van der Waals surface area contributed by atoms with Crippen molar-refractivity contribution >= 4 is 17.5 Å². The molecule has 0 spiro atoms. The molecule has 160 valence electrons. The fourth-order valence-electron chi connectivity index (χ4n) is 3.71. The molecule has 1 aliphatic heterocycles. The topological polar surface area (TPSA) is 67.9 Å². The molecule has 3 rings (SSSR count). The van der Waals surface area contributed by atoms with Crippen LogP contribution in [0.25, 0.3) is 0 Å². The second-order valence-electron chi connectivity index (χ2n) is 7.66. The fraction of sp³-hybridized carbons (Fsp3) is 0.417. The lowest BCUT2D eigenvalue weighted by molar-refractivity contribution is -0.126. The van der Waals surface area contributed by atoms with Crippen LogP contribution in [0.15, 0.2) is 36.4 Å². The maximum atomic E-state index is 13.1. The van der Waals surface area contributed by atoms with E-state index in [1.165, 1.54) is 6.92 Å². The number of methoxy groups -OCH3 is 1. The first-order valence-electron chi connectivity index (χ1n) is 10.4. The van der Waals surface area contributed by atoms with E-state index < -0.39 is 6.04 Å². The predicted octanol–water partition coefficient (Wildman–Crippen LogP) is 4.30. The fourth-order valence-corrected chi connectivity index (χ4v) is 3.71. The van der Waals surface area contributed by atoms with Crippen molar-refractivity contribution in [3.05, 3.63) is 53.1 Å². The molecule has 0 fully saturated rings. The van der Waals surface area contributed by atoms with Gasteiger partial charge in [-0.2, -0.15) is 0 Å². The molecule has 30 heavy (non-hydrogen) atoms. The zero-order valence-electron chi connectivity index (χ0n) is 18.2. The van der Waals surface area contributed by atoms with Gasteiger partial charge in [0, 0.05) is 18.2 Å². The van der Waals surface area contributed by atoms with E-state index in [0.29, 0.717) is 24.7 Å². The second-order valence-corrected chi connectivity index (χ2v) is 7.66. The van der Waals surface area contributed by atoms with E-state index >= 15 is 0 Å². The zero-order chi connectivity index (χ0) is 21.7. The van der Waals surface area contributed by atoms with Gasteiger partial charge in [0.1, 0.15) is 6.04 Å². The number of amides is 2. The molecule has 0 radical (unpaired) electrons. The quantitative estimate of drug-likeness (QED) is 0.626. The minimum absolute atomic E-state index is 0.135. The number of nitrogens with zero attached hydrogens (tertiary/aromatic N) is 1. The van der Waals surface area contributed by atoms with Gasteiger partial charge in [0.15, 0.2) is 11.5 Å². The number of carbonyl (C=O) groups is 2. The number of nitrogens with one attached hydrogen (secondary N) is 1. The Labute approximate surface area is 178 Å². The molecule has 0 aliphatic carbocycles. The van der Waals surface area contributed by atoms with Crippen molar-refractivity contribution in [3.8, 4) is 11.5 Å². The van der Waals surface area contributed by atoms with E-state index in [4.69, 9.17) is 9.47 Å². The van der Waals surface area contributed by atoms with Gasteiger partial charge in [-0.05, 0) is 37.1 Å². The SMILES string of the molecule is CCCCCOc1ccc(CN2C(=O)[C@@H](NC(C)=O)c3cc(C)ccc32)cc1OC. The van der Waals surface area contributed by atoms with Crippen molar-refractivity contribution in [3.63, 3.8) is 0 Å². The highest BCUT2D eigenvalue weighted by Gasteiger charge is 2.37. The van der Waals surface area contributed by atoms with E-state index in [2.05, 4.69) is 12.2 Å². The molecule has 1 heterocycles. The summed E-state index contributed by atoms with van der Waals surface area (Å²) in [4.78, 5) is 26.4. The average molecular weight is 411 g/mol. The number of unbranched alkanes of at least 4 members (excludes halogenated alkanes) is 2. The molecule has 1 N–H and O–H groups in total. The van der Waals surface area contributed by atoms with Crippen LogP contribution in [0.4, 0.5) is 5.69 Å². The van der Waals surface area contributed by atoms with Gasteiger partial charge in [0.2, 0.25) is 5.91 Å². The highest BCUT2D eigenvalue weighted by atomic mass is 16.5. The van der Waals surface area contributed by atoms with Crippen LogP contribution < -0.4 is 19.7 Å². The number of aryl methyl sites for hydroxylation is 1. The van der Waals surface area contributed by atoms with Gasteiger partial charge in [0.25, 0.3) is 5.91 Å². The summed E-state index contributed by atoms with van der Waals surface area (Å²) in [7, 11) is 1.61. The third kappa shape index (κ3) is 4.75. The molecule has 0 bridgehead atoms. The number of rotatable bonds is 9. The number of hydrogen-bond donors (Lipinski definition) is 1. The highest BCUT2D eigenvalue weighted by Crippen LogP contribution is 2.38. The first-order valence-corrected chi connectivity index (χ1v) is 10.4. The first-order chi connectivity index (χ1) is 14.4. The van der Waals surface area contributed by atoms with E-state index in [1.807, 2.05) is 43.3 Å². The Balaban J connectivity index is 1.81. The summed E-state index contributed by atoms with van der Waals surface area (Å²) >= 11 is 0. The van der Waals surface area contributed by atoms with Crippen molar-refractivity contribution in [2.75, 3.05) is 18.6 Å². The summed E-state index contributed by atoms with van der Waals surface area (Å²) in [6.45, 7) is 6.60. The molecule has 0 unspecified atom stereocenters. The number of anilines is 1. The number of fused-ring (bicyclic) bond motifs is 1. The van der Waals surface area contributed by atoms with E-state index in [9.17, 15) is 9.59 Å². The maximum Gasteiger partial charge on any atom is 0.254 e. The lowest BCUT2D eigenvalue weighted by Gasteiger charge is -2.19. The van der Waals surface area contributed by atoms with Crippen molar-refractivity contribution in [1.29, 1.82) is 0 Å². The second kappa shape index (κ2) is 9.65. The van der Waals surface area contributed by atoms with Gasteiger partial charge in [-0.1, -0.05) is 43.5 Å². The molecule has 6 heteroatoms. The zero-order valence-corrected chi connectivity index (χ0v) is 18.2. The van der Waals surface area contributed by atoms with Gasteiger partial charge < -0.3 is 19.7 Å². The molecule has 0 saturated heterocycles. The van der Waals surface area contributed by atoms with Crippen LogP contribution in [-0.4, -0.2) is 25.5 Å². The van der Waals surface area contributed by atoms with Crippen LogP contribution in [0.5, 0.6) is 11.5 Å².